The van der Waals surface area contributed by atoms with Crippen molar-refractivity contribution in [2.75, 3.05) is 67.0 Å². The third-order valence-corrected chi connectivity index (χ3v) is 14.4. The van der Waals surface area contributed by atoms with Crippen molar-refractivity contribution in [1.82, 2.24) is 31.9 Å². The second-order valence-corrected chi connectivity index (χ2v) is 29.2. The molecule has 4 aromatic rings. The summed E-state index contributed by atoms with van der Waals surface area (Å²) in [7, 11) is 3.22. The Hall–Kier alpha value is -9.01. The molecule has 6 amide bonds. The van der Waals surface area contributed by atoms with Crippen molar-refractivity contribution in [3.05, 3.63) is 131 Å². The molecule has 32 heteroatoms. The first-order valence-electron chi connectivity index (χ1n) is 34.9. The molecule has 3 fully saturated rings. The molecule has 602 valence electrons. The number of ether oxygens (including phenoxy) is 11. The van der Waals surface area contributed by atoms with E-state index in [4.69, 9.17) is 37.9 Å². The van der Waals surface area contributed by atoms with Crippen molar-refractivity contribution < 1.29 is 141 Å². The lowest BCUT2D eigenvalue weighted by atomic mass is 9.81. The fraction of sp³-hybridized carbons (Fsp3) is 0.539. The van der Waals surface area contributed by atoms with Gasteiger partial charge in [-0.05, 0) is 150 Å². The molecule has 0 radical (unpaired) electrons. The Morgan fingerprint density at radius 3 is 1.28 bits per heavy atom. The topological polar surface area (TPSA) is 417 Å². The molecule has 108 heavy (non-hydrogen) atoms. The minimum atomic E-state index is -1.23. The Kier molecular flexibility index (Phi) is 42.9. The molecule has 30 nitrogen and oxygen atoms in total. The number of benzene rings is 4. The number of esters is 5. The Bertz CT molecular complexity index is 3450. The SMILES string of the molecule is CC(C)(C)OC(=O)C[C@@H]1NC(=O)OC1=O.CC(C)(C)Oc1ccc(C[C@@H]2NC(=O)OC2=O)cc1.COCCOCCNC(=O)C(CC(=O)OC(C)(C)C)NC(=O)C(Cc1ccccc1)C(C)(C)NC(=O)C([NH3+])Cc1ccc(OC(C)(C)C)cc1.COCCOCC[NH3+].O=C1N[C@@H](Cc2ccccc2)C(=O)O1.[Cl-].[Cl-]. The van der Waals surface area contributed by atoms with Gasteiger partial charge in [0.1, 0.15) is 58.1 Å². The van der Waals surface area contributed by atoms with E-state index in [1.54, 1.807) is 69.6 Å². The van der Waals surface area contributed by atoms with E-state index < -0.39 is 113 Å². The van der Waals surface area contributed by atoms with Gasteiger partial charge in [-0.2, -0.15) is 0 Å². The van der Waals surface area contributed by atoms with E-state index in [0.717, 1.165) is 46.9 Å². The number of halogens is 2. The fourth-order valence-electron chi connectivity index (χ4n) is 9.71. The summed E-state index contributed by atoms with van der Waals surface area (Å²) in [5.74, 6) is -3.68. The molecule has 3 aliphatic rings. The normalized spacial score (nSPS) is 16.0. The quantitative estimate of drug-likeness (QED) is 0.0129. The third-order valence-electron chi connectivity index (χ3n) is 14.4. The Morgan fingerprint density at radius 2 is 0.870 bits per heavy atom. The van der Waals surface area contributed by atoms with Gasteiger partial charge in [-0.15, -0.1) is 0 Å². The van der Waals surface area contributed by atoms with Crippen LogP contribution in [0.15, 0.2) is 109 Å². The second-order valence-electron chi connectivity index (χ2n) is 29.2. The van der Waals surface area contributed by atoms with Crippen molar-refractivity contribution in [3.8, 4) is 11.5 Å². The van der Waals surface area contributed by atoms with E-state index in [1.807, 2.05) is 151 Å². The Morgan fingerprint density at radius 1 is 0.472 bits per heavy atom. The second kappa shape index (κ2) is 47.7. The maximum Gasteiger partial charge on any atom is 0.415 e. The maximum absolute atomic E-state index is 14.1. The molecule has 0 aromatic heterocycles. The van der Waals surface area contributed by atoms with Crippen LogP contribution < -0.4 is 77.7 Å². The predicted molar refractivity (Wildman–Crippen MR) is 388 cm³/mol. The van der Waals surface area contributed by atoms with Gasteiger partial charge in [0.2, 0.25) is 11.8 Å². The summed E-state index contributed by atoms with van der Waals surface area (Å²) >= 11 is 0. The van der Waals surface area contributed by atoms with Crippen molar-refractivity contribution >= 4 is 65.8 Å². The number of methoxy groups -OCH3 is 2. The number of carbonyl (C=O) groups is 11. The summed E-state index contributed by atoms with van der Waals surface area (Å²) in [6.07, 6.45) is -1.23. The van der Waals surface area contributed by atoms with Gasteiger partial charge in [0.25, 0.3) is 5.91 Å². The fourth-order valence-corrected chi connectivity index (χ4v) is 9.71. The highest BCUT2D eigenvalue weighted by Crippen LogP contribution is 2.26. The van der Waals surface area contributed by atoms with E-state index in [9.17, 15) is 52.7 Å². The zero-order chi connectivity index (χ0) is 79.4. The molecule has 0 saturated carbocycles. The zero-order valence-corrected chi connectivity index (χ0v) is 66.4. The average Bonchev–Trinajstić information content (AvgIpc) is 1.15. The first kappa shape index (κ1) is 97.0. The van der Waals surface area contributed by atoms with Gasteiger partial charge in [-0.3, -0.25) is 24.0 Å². The summed E-state index contributed by atoms with van der Waals surface area (Å²) < 4.78 is 55.2. The molecule has 0 aliphatic carbocycles. The number of alkyl carbamates (subject to hydrolysis) is 3. The smallest absolute Gasteiger partial charge is 0.415 e. The summed E-state index contributed by atoms with van der Waals surface area (Å²) in [6.45, 7) is 29.8. The van der Waals surface area contributed by atoms with Crippen molar-refractivity contribution in [2.45, 2.75) is 194 Å². The summed E-state index contributed by atoms with van der Waals surface area (Å²) in [5, 5.41) is 15.7. The summed E-state index contributed by atoms with van der Waals surface area (Å²) in [4.78, 5) is 131. The van der Waals surface area contributed by atoms with Crippen LogP contribution in [0.5, 0.6) is 11.5 Å². The molecular formula is C76H112Cl2N8O22. The molecule has 6 atom stereocenters. The molecule has 0 spiro atoms. The Balaban J connectivity index is 0.000000807. The number of hydrogen-bond acceptors (Lipinski definition) is 22. The number of cyclic esters (lactones) is 6. The summed E-state index contributed by atoms with van der Waals surface area (Å²) in [5.41, 5.74) is 8.38. The monoisotopic (exact) mass is 1560 g/mol. The minimum absolute atomic E-state index is 0. The van der Waals surface area contributed by atoms with Crippen molar-refractivity contribution in [3.63, 3.8) is 0 Å². The lowest BCUT2D eigenvalue weighted by Gasteiger charge is -2.36. The van der Waals surface area contributed by atoms with Gasteiger partial charge in [-0.25, -0.2) is 28.8 Å². The number of quaternary nitrogens is 2. The molecular weight excluding hydrogens is 1450 g/mol. The van der Waals surface area contributed by atoms with Crippen LogP contribution >= 0.6 is 0 Å². The largest absolute Gasteiger partial charge is 1.00 e. The lowest BCUT2D eigenvalue weighted by Crippen LogP contribution is -3.00. The highest BCUT2D eigenvalue weighted by molar-refractivity contribution is 5.98. The number of rotatable bonds is 31. The molecule has 3 saturated heterocycles. The predicted octanol–water partition coefficient (Wildman–Crippen LogP) is -1.08. The minimum Gasteiger partial charge on any atom is -1.00 e. The van der Waals surface area contributed by atoms with Gasteiger partial charge in [0.15, 0.2) is 6.04 Å². The molecule has 0 bridgehead atoms. The standard InChI is InChI=1S/C38H58N4O8.C14H17NO4.C10H9NO3.C9H13NO5.C5H13NO2.2ClH/c1-36(2,3)49-28-17-15-27(16-18-28)24-30(39)34(45)42-38(7,8)29(23-26-13-11-10-12-14-26)33(44)41-31(25-32(43)50-37(4,5)6)35(46)40-19-20-48-22-21-47-9;1-14(2,3)19-10-6-4-9(5-7-10)8-11-12(16)18-13(17)15-11;12-9-8(11-10(13)14-9)6-7-4-2-1-3-5-7;1-9(2,3)15-6(11)4-5-7(12)14-8(13)10-5;1-7-4-5-8-3-2-6;;/h10-18,29-31H,19-25,39H2,1-9H3,(H,40,46)(H,41,44)(H,42,45);4-7,11H,8H2,1-3H3,(H,15,17);1-5,8H,6H2,(H,11,13);5H,4H2,1-3H3,(H,10,13);2-6H2,1H3;2*1H/t;11-;8-;5-;;;/m.000.../s1. The first-order valence-corrected chi connectivity index (χ1v) is 34.9. The van der Waals surface area contributed by atoms with Gasteiger partial charge in [-0.1, -0.05) is 84.9 Å². The molecule has 3 aliphatic heterocycles. The average molecular weight is 1560 g/mol. The number of hydrogen-bond donors (Lipinski definition) is 8. The molecule has 7 rings (SSSR count). The van der Waals surface area contributed by atoms with Gasteiger partial charge < -0.3 is 120 Å². The van der Waals surface area contributed by atoms with Crippen LogP contribution in [0, 0.1) is 5.92 Å². The van der Waals surface area contributed by atoms with Crippen molar-refractivity contribution in [2.24, 2.45) is 5.92 Å². The van der Waals surface area contributed by atoms with Gasteiger partial charge >= 0.3 is 48.1 Å². The van der Waals surface area contributed by atoms with Gasteiger partial charge in [0.05, 0.1) is 64.9 Å². The molecule has 3 unspecified atom stereocenters. The van der Waals surface area contributed by atoms with Crippen LogP contribution in [-0.2, 0) is 107 Å². The highest BCUT2D eigenvalue weighted by Gasteiger charge is 2.41. The molecule has 3 heterocycles. The van der Waals surface area contributed by atoms with E-state index in [0.29, 0.717) is 45.7 Å². The number of carbonyl (C=O) groups excluding carboxylic acids is 11. The van der Waals surface area contributed by atoms with Crippen LogP contribution in [0.25, 0.3) is 0 Å². The van der Waals surface area contributed by atoms with E-state index in [2.05, 4.69) is 57.6 Å². The van der Waals surface area contributed by atoms with Gasteiger partial charge in [0, 0.05) is 45.6 Å². The van der Waals surface area contributed by atoms with Crippen LogP contribution in [0.2, 0.25) is 0 Å². The Labute approximate surface area is 645 Å². The van der Waals surface area contributed by atoms with E-state index in [1.165, 1.54) is 0 Å². The van der Waals surface area contributed by atoms with Crippen LogP contribution in [0.4, 0.5) is 14.4 Å². The van der Waals surface area contributed by atoms with E-state index in [-0.39, 0.29) is 74.3 Å². The maximum atomic E-state index is 14.1. The first-order chi connectivity index (χ1) is 49.6. The van der Waals surface area contributed by atoms with Crippen LogP contribution in [0.3, 0.4) is 0 Å². The van der Waals surface area contributed by atoms with Crippen LogP contribution in [0.1, 0.15) is 132 Å². The number of amides is 6. The molecule has 12 N–H and O–H groups in total. The highest BCUT2D eigenvalue weighted by atomic mass is 35.5. The molecule has 4 aromatic carbocycles. The van der Waals surface area contributed by atoms with E-state index >= 15 is 0 Å². The number of nitrogens with one attached hydrogen (secondary N) is 6. The van der Waals surface area contributed by atoms with Crippen molar-refractivity contribution in [1.29, 1.82) is 0 Å². The zero-order valence-electron chi connectivity index (χ0n) is 64.9. The lowest BCUT2D eigenvalue weighted by molar-refractivity contribution is -0.403. The summed E-state index contributed by atoms with van der Waals surface area (Å²) in [6, 6.07) is 29.9. The van der Waals surface area contributed by atoms with Crippen LogP contribution in [-0.4, -0.2) is 191 Å². The third kappa shape index (κ3) is 41.4.